The Morgan fingerprint density at radius 1 is 1.77 bits per heavy atom. The summed E-state index contributed by atoms with van der Waals surface area (Å²) in [4.78, 5) is 10.8. The number of methoxy groups -OCH3 is 1. The van der Waals surface area contributed by atoms with Gasteiger partial charge in [0.05, 0.1) is 37.0 Å². The third-order valence-corrected chi connectivity index (χ3v) is 2.17. The van der Waals surface area contributed by atoms with E-state index >= 15 is 0 Å². The Labute approximate surface area is 81.4 Å². The van der Waals surface area contributed by atoms with Crippen LogP contribution in [-0.2, 0) is 16.1 Å². The summed E-state index contributed by atoms with van der Waals surface area (Å²) in [5.74, 6) is -0.244. The number of esters is 1. The molecule has 0 aliphatic rings. The van der Waals surface area contributed by atoms with Gasteiger partial charge in [-0.1, -0.05) is 11.6 Å². The highest BCUT2D eigenvalue weighted by molar-refractivity contribution is 6.31. The molecule has 0 N–H and O–H groups in total. The lowest BCUT2D eigenvalue weighted by atomic mass is 10.4. The molecule has 13 heavy (non-hydrogen) atoms. The zero-order valence-electron chi connectivity index (χ0n) is 7.58. The number of ether oxygens (including phenoxy) is 1. The van der Waals surface area contributed by atoms with Gasteiger partial charge in [0.2, 0.25) is 0 Å². The molecule has 4 nitrogen and oxygen atoms in total. The van der Waals surface area contributed by atoms with E-state index < -0.39 is 0 Å². The first-order valence-electron chi connectivity index (χ1n) is 3.90. The minimum Gasteiger partial charge on any atom is -0.469 e. The molecule has 0 unspecified atom stereocenters. The summed E-state index contributed by atoms with van der Waals surface area (Å²) in [6.45, 7) is 2.36. The molecule has 72 valence electrons. The lowest BCUT2D eigenvalue weighted by Gasteiger charge is -2.02. The van der Waals surface area contributed by atoms with E-state index in [1.54, 1.807) is 10.9 Å². The molecule has 1 heterocycles. The van der Waals surface area contributed by atoms with Crippen molar-refractivity contribution in [2.45, 2.75) is 19.9 Å². The highest BCUT2D eigenvalue weighted by atomic mass is 35.5. The van der Waals surface area contributed by atoms with Gasteiger partial charge in [0.25, 0.3) is 0 Å². The maximum absolute atomic E-state index is 10.8. The van der Waals surface area contributed by atoms with Crippen molar-refractivity contribution in [3.05, 3.63) is 16.9 Å². The van der Waals surface area contributed by atoms with E-state index in [2.05, 4.69) is 9.84 Å². The molecule has 0 saturated carbocycles. The summed E-state index contributed by atoms with van der Waals surface area (Å²) in [6.07, 6.45) is 1.88. The van der Waals surface area contributed by atoms with Gasteiger partial charge in [0.1, 0.15) is 0 Å². The van der Waals surface area contributed by atoms with E-state index in [1.807, 2.05) is 6.92 Å². The SMILES string of the molecule is COC(=O)CCn1ncc(Cl)c1C. The zero-order valence-corrected chi connectivity index (χ0v) is 8.34. The van der Waals surface area contributed by atoms with Crippen LogP contribution in [-0.4, -0.2) is 22.9 Å². The normalized spacial score (nSPS) is 10.1. The molecule has 0 aliphatic carbocycles. The zero-order chi connectivity index (χ0) is 9.84. The number of carbonyl (C=O) groups excluding carboxylic acids is 1. The van der Waals surface area contributed by atoms with E-state index in [0.717, 1.165) is 5.69 Å². The van der Waals surface area contributed by atoms with Crippen LogP contribution in [0.3, 0.4) is 0 Å². The fourth-order valence-electron chi connectivity index (χ4n) is 0.948. The number of halogens is 1. The first kappa shape index (κ1) is 10.1. The van der Waals surface area contributed by atoms with Crippen LogP contribution in [0.1, 0.15) is 12.1 Å². The quantitative estimate of drug-likeness (QED) is 0.697. The molecule has 0 bridgehead atoms. The minimum absolute atomic E-state index is 0.244. The molecule has 0 spiro atoms. The lowest BCUT2D eigenvalue weighted by molar-refractivity contribution is -0.140. The van der Waals surface area contributed by atoms with Gasteiger partial charge in [-0.3, -0.25) is 9.48 Å². The van der Waals surface area contributed by atoms with Gasteiger partial charge in [-0.05, 0) is 6.92 Å². The van der Waals surface area contributed by atoms with Crippen molar-refractivity contribution < 1.29 is 9.53 Å². The molecule has 0 amide bonds. The van der Waals surface area contributed by atoms with Crippen LogP contribution in [0, 0.1) is 6.92 Å². The maximum atomic E-state index is 10.8. The fourth-order valence-corrected chi connectivity index (χ4v) is 1.09. The van der Waals surface area contributed by atoms with Gasteiger partial charge in [-0.25, -0.2) is 0 Å². The van der Waals surface area contributed by atoms with Crippen molar-refractivity contribution in [3.63, 3.8) is 0 Å². The molecule has 0 atom stereocenters. The number of hydrogen-bond acceptors (Lipinski definition) is 3. The van der Waals surface area contributed by atoms with Crippen LogP contribution < -0.4 is 0 Å². The van der Waals surface area contributed by atoms with E-state index in [1.165, 1.54) is 7.11 Å². The monoisotopic (exact) mass is 202 g/mol. The Morgan fingerprint density at radius 2 is 2.46 bits per heavy atom. The van der Waals surface area contributed by atoms with Crippen LogP contribution in [0.5, 0.6) is 0 Å². The van der Waals surface area contributed by atoms with Crippen molar-refractivity contribution in [3.8, 4) is 0 Å². The third-order valence-electron chi connectivity index (χ3n) is 1.80. The summed E-state index contributed by atoms with van der Waals surface area (Å²) in [7, 11) is 1.37. The minimum atomic E-state index is -0.244. The van der Waals surface area contributed by atoms with Gasteiger partial charge in [-0.2, -0.15) is 5.10 Å². The van der Waals surface area contributed by atoms with E-state index in [-0.39, 0.29) is 5.97 Å². The largest absolute Gasteiger partial charge is 0.469 e. The van der Waals surface area contributed by atoms with Gasteiger partial charge >= 0.3 is 5.97 Å². The van der Waals surface area contributed by atoms with E-state index in [0.29, 0.717) is 18.0 Å². The number of aryl methyl sites for hydroxylation is 1. The molecular formula is C8H11ClN2O2. The van der Waals surface area contributed by atoms with Crippen LogP contribution in [0.4, 0.5) is 0 Å². The maximum Gasteiger partial charge on any atom is 0.307 e. The van der Waals surface area contributed by atoms with Crippen LogP contribution in [0.2, 0.25) is 5.02 Å². The molecule has 0 saturated heterocycles. The second-order valence-corrected chi connectivity index (χ2v) is 3.03. The number of carbonyl (C=O) groups is 1. The smallest absolute Gasteiger partial charge is 0.307 e. The second kappa shape index (κ2) is 4.28. The van der Waals surface area contributed by atoms with Crippen molar-refractivity contribution in [1.82, 2.24) is 9.78 Å². The average Bonchev–Trinajstić information content (AvgIpc) is 2.44. The first-order chi connectivity index (χ1) is 6.15. The van der Waals surface area contributed by atoms with Gasteiger partial charge in [0, 0.05) is 0 Å². The van der Waals surface area contributed by atoms with Crippen molar-refractivity contribution in [2.24, 2.45) is 0 Å². The average molecular weight is 203 g/mol. The summed E-state index contributed by atoms with van der Waals surface area (Å²) >= 11 is 5.78. The van der Waals surface area contributed by atoms with Crippen molar-refractivity contribution in [1.29, 1.82) is 0 Å². The first-order valence-corrected chi connectivity index (χ1v) is 4.27. The summed E-state index contributed by atoms with van der Waals surface area (Å²) in [5.41, 5.74) is 0.866. The van der Waals surface area contributed by atoms with Gasteiger partial charge in [0.15, 0.2) is 0 Å². The summed E-state index contributed by atoms with van der Waals surface area (Å²) in [5, 5.41) is 4.61. The molecule has 0 radical (unpaired) electrons. The molecule has 1 aromatic rings. The Morgan fingerprint density at radius 3 is 2.92 bits per heavy atom. The van der Waals surface area contributed by atoms with Gasteiger partial charge < -0.3 is 4.74 Å². The lowest BCUT2D eigenvalue weighted by Crippen LogP contribution is -2.09. The Balaban J connectivity index is 2.55. The molecule has 1 rings (SSSR count). The predicted molar refractivity (Wildman–Crippen MR) is 48.6 cm³/mol. The van der Waals surface area contributed by atoms with Crippen LogP contribution in [0.25, 0.3) is 0 Å². The molecule has 5 heteroatoms. The molecule has 1 aromatic heterocycles. The Hall–Kier alpha value is -1.03. The number of hydrogen-bond donors (Lipinski definition) is 0. The summed E-state index contributed by atoms with van der Waals surface area (Å²) in [6, 6.07) is 0. The Bertz CT molecular complexity index is 309. The van der Waals surface area contributed by atoms with E-state index in [9.17, 15) is 4.79 Å². The molecule has 0 fully saturated rings. The predicted octanol–water partition coefficient (Wildman–Crippen LogP) is 1.41. The fraction of sp³-hybridized carbons (Fsp3) is 0.500. The van der Waals surface area contributed by atoms with Crippen LogP contribution >= 0.6 is 11.6 Å². The van der Waals surface area contributed by atoms with Gasteiger partial charge in [-0.15, -0.1) is 0 Å². The highest BCUT2D eigenvalue weighted by Gasteiger charge is 2.06. The molecule has 0 aliphatic heterocycles. The van der Waals surface area contributed by atoms with Crippen molar-refractivity contribution in [2.75, 3.05) is 7.11 Å². The second-order valence-electron chi connectivity index (χ2n) is 2.63. The standard InChI is InChI=1S/C8H11ClN2O2/c1-6-7(9)5-10-11(6)4-3-8(12)13-2/h5H,3-4H2,1-2H3. The van der Waals surface area contributed by atoms with Crippen molar-refractivity contribution >= 4 is 17.6 Å². The third kappa shape index (κ3) is 2.45. The number of rotatable bonds is 3. The summed E-state index contributed by atoms with van der Waals surface area (Å²) < 4.78 is 6.19. The number of aromatic nitrogens is 2. The Kier molecular flexibility index (Phi) is 3.31. The molecular weight excluding hydrogens is 192 g/mol. The molecule has 0 aromatic carbocycles. The highest BCUT2D eigenvalue weighted by Crippen LogP contribution is 2.13. The topological polar surface area (TPSA) is 44.1 Å². The van der Waals surface area contributed by atoms with E-state index in [4.69, 9.17) is 11.6 Å². The number of nitrogens with zero attached hydrogens (tertiary/aromatic N) is 2. The van der Waals surface area contributed by atoms with Crippen LogP contribution in [0.15, 0.2) is 6.20 Å².